The Hall–Kier alpha value is -1.13. The van der Waals surface area contributed by atoms with Crippen LogP contribution in [0.3, 0.4) is 0 Å². The Labute approximate surface area is 106 Å². The zero-order valence-electron chi connectivity index (χ0n) is 10.5. The van der Waals surface area contributed by atoms with Gasteiger partial charge in [-0.15, -0.1) is 0 Å². The van der Waals surface area contributed by atoms with Crippen molar-refractivity contribution in [3.8, 4) is 0 Å². The number of benzene rings is 1. The lowest BCUT2D eigenvalue weighted by Crippen LogP contribution is -2.10. The first-order chi connectivity index (χ1) is 8.08. The summed E-state index contributed by atoms with van der Waals surface area (Å²) in [6.07, 6.45) is 0.260. The second-order valence-corrected chi connectivity index (χ2v) is 4.91. The summed E-state index contributed by atoms with van der Waals surface area (Å²) in [7, 11) is 0. The zero-order valence-corrected chi connectivity index (χ0v) is 11.3. The molecule has 17 heavy (non-hydrogen) atoms. The fourth-order valence-corrected chi connectivity index (χ4v) is 2.16. The maximum Gasteiger partial charge on any atom is 0.178 e. The highest BCUT2D eigenvalue weighted by atomic mass is 32.1. The van der Waals surface area contributed by atoms with Gasteiger partial charge in [0.1, 0.15) is 0 Å². The first kappa shape index (κ1) is 12.3. The van der Waals surface area contributed by atoms with Gasteiger partial charge in [-0.3, -0.25) is 0 Å². The standard InChI is InChI=1S/C13H18N2OS/c1-9(2)16-7-6-15-12-8-10(3)4-5-11(12)14-13(15)17/h4-5,8-9H,6-7H2,1-3H3,(H,14,17). The molecule has 0 saturated heterocycles. The number of H-pyrrole nitrogens is 1. The molecule has 0 amide bonds. The average Bonchev–Trinajstić information content (AvgIpc) is 2.55. The van der Waals surface area contributed by atoms with E-state index in [1.807, 2.05) is 13.8 Å². The number of hydrogen-bond acceptors (Lipinski definition) is 2. The van der Waals surface area contributed by atoms with Gasteiger partial charge in [-0.25, -0.2) is 0 Å². The molecule has 0 bridgehead atoms. The molecular weight excluding hydrogens is 232 g/mol. The Morgan fingerprint density at radius 1 is 1.41 bits per heavy atom. The monoisotopic (exact) mass is 250 g/mol. The van der Waals surface area contributed by atoms with Crippen molar-refractivity contribution >= 4 is 23.3 Å². The summed E-state index contributed by atoms with van der Waals surface area (Å²) in [5, 5.41) is 0. The van der Waals surface area contributed by atoms with Crippen LogP contribution in [0.5, 0.6) is 0 Å². The van der Waals surface area contributed by atoms with Gasteiger partial charge in [0.15, 0.2) is 4.77 Å². The van der Waals surface area contributed by atoms with Crippen molar-refractivity contribution in [3.05, 3.63) is 28.5 Å². The average molecular weight is 250 g/mol. The minimum Gasteiger partial charge on any atom is -0.377 e. The fourth-order valence-electron chi connectivity index (χ4n) is 1.86. The van der Waals surface area contributed by atoms with Crippen LogP contribution in [0.25, 0.3) is 11.0 Å². The normalized spacial score (nSPS) is 11.5. The van der Waals surface area contributed by atoms with E-state index in [0.29, 0.717) is 6.61 Å². The lowest BCUT2D eigenvalue weighted by molar-refractivity contribution is 0.0731. The number of aromatic amines is 1. The molecule has 0 unspecified atom stereocenters. The van der Waals surface area contributed by atoms with Crippen molar-refractivity contribution < 1.29 is 4.74 Å². The third kappa shape index (κ3) is 2.76. The molecule has 1 aromatic carbocycles. The van der Waals surface area contributed by atoms with E-state index in [1.54, 1.807) is 0 Å². The molecule has 0 aliphatic rings. The van der Waals surface area contributed by atoms with Crippen LogP contribution in [-0.4, -0.2) is 22.3 Å². The molecule has 0 saturated carbocycles. The number of ether oxygens (including phenoxy) is 1. The summed E-state index contributed by atoms with van der Waals surface area (Å²) in [5.41, 5.74) is 3.48. The number of fused-ring (bicyclic) bond motifs is 1. The molecule has 0 aliphatic heterocycles. The molecule has 0 atom stereocenters. The molecule has 0 fully saturated rings. The van der Waals surface area contributed by atoms with Gasteiger partial charge >= 0.3 is 0 Å². The van der Waals surface area contributed by atoms with Gasteiger partial charge in [0, 0.05) is 6.54 Å². The summed E-state index contributed by atoms with van der Waals surface area (Å²) in [5.74, 6) is 0. The number of hydrogen-bond donors (Lipinski definition) is 1. The minimum atomic E-state index is 0.260. The number of nitrogens with one attached hydrogen (secondary N) is 1. The van der Waals surface area contributed by atoms with Gasteiger partial charge in [-0.05, 0) is 50.7 Å². The molecule has 2 aromatic rings. The highest BCUT2D eigenvalue weighted by molar-refractivity contribution is 7.71. The lowest BCUT2D eigenvalue weighted by atomic mass is 10.2. The van der Waals surface area contributed by atoms with Crippen LogP contribution in [0.1, 0.15) is 19.4 Å². The van der Waals surface area contributed by atoms with Crippen molar-refractivity contribution in [2.24, 2.45) is 0 Å². The molecule has 1 heterocycles. The van der Waals surface area contributed by atoms with Gasteiger partial charge in [0.2, 0.25) is 0 Å². The summed E-state index contributed by atoms with van der Waals surface area (Å²) in [6.45, 7) is 7.65. The molecule has 0 aliphatic carbocycles. The summed E-state index contributed by atoms with van der Waals surface area (Å²) in [4.78, 5) is 3.21. The number of aromatic nitrogens is 2. The Morgan fingerprint density at radius 3 is 2.88 bits per heavy atom. The number of imidazole rings is 1. The van der Waals surface area contributed by atoms with Crippen molar-refractivity contribution in [2.45, 2.75) is 33.4 Å². The summed E-state index contributed by atoms with van der Waals surface area (Å²) >= 11 is 5.33. The Bertz CT molecular complexity index is 568. The zero-order chi connectivity index (χ0) is 12.4. The third-order valence-corrected chi connectivity index (χ3v) is 3.02. The largest absolute Gasteiger partial charge is 0.377 e. The molecule has 4 heteroatoms. The van der Waals surface area contributed by atoms with Gasteiger partial charge in [-0.1, -0.05) is 6.07 Å². The van der Waals surface area contributed by atoms with E-state index >= 15 is 0 Å². The molecule has 0 radical (unpaired) electrons. The van der Waals surface area contributed by atoms with Crippen LogP contribution in [-0.2, 0) is 11.3 Å². The summed E-state index contributed by atoms with van der Waals surface area (Å²) < 4.78 is 8.43. The first-order valence-corrected chi connectivity index (χ1v) is 6.29. The van der Waals surface area contributed by atoms with E-state index in [9.17, 15) is 0 Å². The van der Waals surface area contributed by atoms with Gasteiger partial charge in [0.25, 0.3) is 0 Å². The molecular formula is C13H18N2OS. The van der Waals surface area contributed by atoms with Crippen LogP contribution >= 0.6 is 12.2 Å². The first-order valence-electron chi connectivity index (χ1n) is 5.88. The second-order valence-electron chi connectivity index (χ2n) is 4.52. The van der Waals surface area contributed by atoms with Crippen LogP contribution < -0.4 is 0 Å². The minimum absolute atomic E-state index is 0.260. The Kier molecular flexibility index (Phi) is 3.64. The van der Waals surface area contributed by atoms with Crippen molar-refractivity contribution in [3.63, 3.8) is 0 Å². The van der Waals surface area contributed by atoms with Gasteiger partial charge < -0.3 is 14.3 Å². The van der Waals surface area contributed by atoms with E-state index in [4.69, 9.17) is 17.0 Å². The van der Waals surface area contributed by atoms with E-state index in [-0.39, 0.29) is 6.10 Å². The molecule has 0 spiro atoms. The van der Waals surface area contributed by atoms with Crippen LogP contribution in [0, 0.1) is 11.7 Å². The second kappa shape index (κ2) is 5.02. The van der Waals surface area contributed by atoms with E-state index < -0.39 is 0 Å². The molecule has 92 valence electrons. The molecule has 1 aromatic heterocycles. The number of nitrogens with zero attached hydrogens (tertiary/aromatic N) is 1. The van der Waals surface area contributed by atoms with Gasteiger partial charge in [-0.2, -0.15) is 0 Å². The van der Waals surface area contributed by atoms with Crippen molar-refractivity contribution in [1.29, 1.82) is 0 Å². The quantitative estimate of drug-likeness (QED) is 0.842. The van der Waals surface area contributed by atoms with Gasteiger partial charge in [0.05, 0.1) is 23.7 Å². The van der Waals surface area contributed by atoms with Crippen LogP contribution in [0.2, 0.25) is 0 Å². The molecule has 3 nitrogen and oxygen atoms in total. The van der Waals surface area contributed by atoms with Crippen LogP contribution in [0.15, 0.2) is 18.2 Å². The number of aryl methyl sites for hydroxylation is 1. The Balaban J connectivity index is 2.29. The highest BCUT2D eigenvalue weighted by Gasteiger charge is 2.04. The van der Waals surface area contributed by atoms with Crippen molar-refractivity contribution in [1.82, 2.24) is 9.55 Å². The van der Waals surface area contributed by atoms with E-state index in [0.717, 1.165) is 22.3 Å². The summed E-state index contributed by atoms with van der Waals surface area (Å²) in [6, 6.07) is 6.31. The fraction of sp³-hybridized carbons (Fsp3) is 0.462. The van der Waals surface area contributed by atoms with Crippen molar-refractivity contribution in [2.75, 3.05) is 6.61 Å². The maximum absolute atomic E-state index is 5.57. The van der Waals surface area contributed by atoms with E-state index in [1.165, 1.54) is 5.56 Å². The topological polar surface area (TPSA) is 29.9 Å². The Morgan fingerprint density at radius 2 is 2.18 bits per heavy atom. The smallest absolute Gasteiger partial charge is 0.178 e. The lowest BCUT2D eigenvalue weighted by Gasteiger charge is -2.08. The number of rotatable bonds is 4. The van der Waals surface area contributed by atoms with Crippen LogP contribution in [0.4, 0.5) is 0 Å². The molecule has 1 N–H and O–H groups in total. The highest BCUT2D eigenvalue weighted by Crippen LogP contribution is 2.15. The van der Waals surface area contributed by atoms with E-state index in [2.05, 4.69) is 34.7 Å². The predicted molar refractivity (Wildman–Crippen MR) is 72.9 cm³/mol. The predicted octanol–water partition coefficient (Wildman–Crippen LogP) is 3.43. The third-order valence-electron chi connectivity index (χ3n) is 2.70. The molecule has 2 rings (SSSR count). The maximum atomic E-state index is 5.57. The SMILES string of the molecule is Cc1ccc2[nH]c(=S)n(CCOC(C)C)c2c1.